The standard InChI is InChI=1S/C15H18N2O3S/c1-11(2)12-4-5-14(20-3)15(10-12)21(18,19)17-13-6-8-16-9-7-13/h4-11H,1-3H3,(H,16,17). The molecular weight excluding hydrogens is 288 g/mol. The van der Waals surface area contributed by atoms with Crippen LogP contribution in [-0.2, 0) is 10.0 Å². The fourth-order valence-corrected chi connectivity index (χ4v) is 3.16. The van der Waals surface area contributed by atoms with Gasteiger partial charge in [0.15, 0.2) is 0 Å². The predicted molar refractivity (Wildman–Crippen MR) is 82.1 cm³/mol. The average Bonchev–Trinajstić information content (AvgIpc) is 2.47. The van der Waals surface area contributed by atoms with E-state index in [1.807, 2.05) is 19.9 Å². The molecule has 0 bridgehead atoms. The Morgan fingerprint density at radius 3 is 2.38 bits per heavy atom. The van der Waals surface area contributed by atoms with Crippen molar-refractivity contribution in [1.82, 2.24) is 4.98 Å². The number of hydrogen-bond acceptors (Lipinski definition) is 4. The van der Waals surface area contributed by atoms with Crippen molar-refractivity contribution < 1.29 is 13.2 Å². The fraction of sp³-hybridized carbons (Fsp3) is 0.267. The lowest BCUT2D eigenvalue weighted by atomic mass is 10.0. The van der Waals surface area contributed by atoms with E-state index in [-0.39, 0.29) is 10.8 Å². The summed E-state index contributed by atoms with van der Waals surface area (Å²) in [5, 5.41) is 0. The van der Waals surface area contributed by atoms with Crippen LogP contribution in [0.4, 0.5) is 5.69 Å². The zero-order valence-corrected chi connectivity index (χ0v) is 13.0. The smallest absolute Gasteiger partial charge is 0.265 e. The van der Waals surface area contributed by atoms with Crippen LogP contribution in [0.2, 0.25) is 0 Å². The largest absolute Gasteiger partial charge is 0.495 e. The first-order valence-corrected chi connectivity index (χ1v) is 8.03. The van der Waals surface area contributed by atoms with Gasteiger partial charge in [-0.15, -0.1) is 0 Å². The fourth-order valence-electron chi connectivity index (χ4n) is 1.89. The van der Waals surface area contributed by atoms with Gasteiger partial charge in [0.05, 0.1) is 12.8 Å². The zero-order valence-electron chi connectivity index (χ0n) is 12.2. The Hall–Kier alpha value is -2.08. The second kappa shape index (κ2) is 6.13. The molecule has 2 aromatic rings. The molecule has 0 spiro atoms. The number of aromatic nitrogens is 1. The summed E-state index contributed by atoms with van der Waals surface area (Å²) in [7, 11) is -2.26. The molecule has 21 heavy (non-hydrogen) atoms. The van der Waals surface area contributed by atoms with Gasteiger partial charge in [0.25, 0.3) is 10.0 Å². The molecular formula is C15H18N2O3S. The minimum absolute atomic E-state index is 0.132. The lowest BCUT2D eigenvalue weighted by molar-refractivity contribution is 0.402. The van der Waals surface area contributed by atoms with Gasteiger partial charge in [0, 0.05) is 12.4 Å². The van der Waals surface area contributed by atoms with Crippen molar-refractivity contribution in [2.75, 3.05) is 11.8 Å². The Balaban J connectivity index is 2.45. The van der Waals surface area contributed by atoms with E-state index in [2.05, 4.69) is 9.71 Å². The first-order valence-electron chi connectivity index (χ1n) is 6.55. The molecule has 0 atom stereocenters. The van der Waals surface area contributed by atoms with Gasteiger partial charge in [0.2, 0.25) is 0 Å². The summed E-state index contributed by atoms with van der Waals surface area (Å²) in [5.74, 6) is 0.548. The van der Waals surface area contributed by atoms with Gasteiger partial charge in [-0.05, 0) is 35.7 Å². The van der Waals surface area contributed by atoms with Crippen molar-refractivity contribution >= 4 is 15.7 Å². The quantitative estimate of drug-likeness (QED) is 0.922. The van der Waals surface area contributed by atoms with Crippen LogP contribution >= 0.6 is 0 Å². The van der Waals surface area contributed by atoms with E-state index in [9.17, 15) is 8.42 Å². The van der Waals surface area contributed by atoms with Crippen LogP contribution in [0.15, 0.2) is 47.6 Å². The molecule has 1 aromatic heterocycles. The highest BCUT2D eigenvalue weighted by molar-refractivity contribution is 7.92. The Kier molecular flexibility index (Phi) is 4.47. The summed E-state index contributed by atoms with van der Waals surface area (Å²) < 4.78 is 32.8. The highest BCUT2D eigenvalue weighted by Gasteiger charge is 2.20. The molecule has 0 saturated heterocycles. The first-order chi connectivity index (χ1) is 9.94. The number of sulfonamides is 1. The molecule has 0 aliphatic heterocycles. The van der Waals surface area contributed by atoms with Crippen LogP contribution in [-0.4, -0.2) is 20.5 Å². The van der Waals surface area contributed by atoms with Crippen molar-refractivity contribution in [3.05, 3.63) is 48.3 Å². The third-order valence-electron chi connectivity index (χ3n) is 3.08. The molecule has 1 aromatic carbocycles. The Morgan fingerprint density at radius 1 is 1.14 bits per heavy atom. The van der Waals surface area contributed by atoms with E-state index in [0.29, 0.717) is 11.4 Å². The summed E-state index contributed by atoms with van der Waals surface area (Å²) in [6.45, 7) is 4.02. The van der Waals surface area contributed by atoms with Crippen molar-refractivity contribution in [1.29, 1.82) is 0 Å². The molecule has 0 radical (unpaired) electrons. The monoisotopic (exact) mass is 306 g/mol. The summed E-state index contributed by atoms with van der Waals surface area (Å²) in [4.78, 5) is 3.99. The number of nitrogens with one attached hydrogen (secondary N) is 1. The van der Waals surface area contributed by atoms with Gasteiger partial charge < -0.3 is 4.74 Å². The lowest BCUT2D eigenvalue weighted by Crippen LogP contribution is -2.14. The molecule has 1 heterocycles. The van der Waals surface area contributed by atoms with Crippen LogP contribution in [0, 0.1) is 0 Å². The Morgan fingerprint density at radius 2 is 1.81 bits per heavy atom. The minimum atomic E-state index is -3.71. The summed E-state index contributed by atoms with van der Waals surface area (Å²) in [6.07, 6.45) is 3.05. The number of methoxy groups -OCH3 is 1. The number of hydrogen-bond donors (Lipinski definition) is 1. The summed E-state index contributed by atoms with van der Waals surface area (Å²) in [6, 6.07) is 8.38. The highest BCUT2D eigenvalue weighted by atomic mass is 32.2. The molecule has 5 nitrogen and oxygen atoms in total. The topological polar surface area (TPSA) is 68.3 Å². The first kappa shape index (κ1) is 15.3. The number of rotatable bonds is 5. The maximum absolute atomic E-state index is 12.5. The van der Waals surface area contributed by atoms with Gasteiger partial charge >= 0.3 is 0 Å². The third kappa shape index (κ3) is 3.52. The minimum Gasteiger partial charge on any atom is -0.495 e. The molecule has 0 aliphatic rings. The maximum Gasteiger partial charge on any atom is 0.265 e. The van der Waals surface area contributed by atoms with Crippen molar-refractivity contribution in [2.24, 2.45) is 0 Å². The average molecular weight is 306 g/mol. The lowest BCUT2D eigenvalue weighted by Gasteiger charge is -2.14. The van der Waals surface area contributed by atoms with Crippen LogP contribution in [0.5, 0.6) is 5.75 Å². The van der Waals surface area contributed by atoms with Gasteiger partial charge in [-0.25, -0.2) is 8.42 Å². The normalized spacial score (nSPS) is 11.4. The van der Waals surface area contributed by atoms with E-state index >= 15 is 0 Å². The molecule has 1 N–H and O–H groups in total. The van der Waals surface area contributed by atoms with Crippen LogP contribution in [0.3, 0.4) is 0 Å². The molecule has 0 aliphatic carbocycles. The molecule has 0 saturated carbocycles. The summed E-state index contributed by atoms with van der Waals surface area (Å²) >= 11 is 0. The number of benzene rings is 1. The van der Waals surface area contributed by atoms with Crippen LogP contribution in [0.1, 0.15) is 25.3 Å². The van der Waals surface area contributed by atoms with E-state index in [0.717, 1.165) is 5.56 Å². The number of ether oxygens (including phenoxy) is 1. The zero-order chi connectivity index (χ0) is 15.5. The van der Waals surface area contributed by atoms with Crippen LogP contribution in [0.25, 0.3) is 0 Å². The van der Waals surface area contributed by atoms with Crippen molar-refractivity contribution in [3.63, 3.8) is 0 Å². The number of nitrogens with zero attached hydrogens (tertiary/aromatic N) is 1. The van der Waals surface area contributed by atoms with E-state index in [4.69, 9.17) is 4.74 Å². The molecule has 0 amide bonds. The van der Waals surface area contributed by atoms with Gasteiger partial charge in [-0.2, -0.15) is 0 Å². The molecule has 6 heteroatoms. The van der Waals surface area contributed by atoms with Gasteiger partial charge in [-0.1, -0.05) is 19.9 Å². The predicted octanol–water partition coefficient (Wildman–Crippen LogP) is 3.01. The van der Waals surface area contributed by atoms with E-state index in [1.165, 1.54) is 19.5 Å². The third-order valence-corrected chi connectivity index (χ3v) is 4.48. The molecule has 112 valence electrons. The summed E-state index contributed by atoms with van der Waals surface area (Å²) in [5.41, 5.74) is 1.40. The van der Waals surface area contributed by atoms with Crippen molar-refractivity contribution in [2.45, 2.75) is 24.7 Å². The molecule has 0 fully saturated rings. The van der Waals surface area contributed by atoms with E-state index < -0.39 is 10.0 Å². The van der Waals surface area contributed by atoms with E-state index in [1.54, 1.807) is 24.3 Å². The van der Waals surface area contributed by atoms with Gasteiger partial charge in [-0.3, -0.25) is 9.71 Å². The van der Waals surface area contributed by atoms with Gasteiger partial charge in [0.1, 0.15) is 10.6 Å². The second-order valence-electron chi connectivity index (χ2n) is 4.91. The molecule has 2 rings (SSSR count). The number of anilines is 1. The van der Waals surface area contributed by atoms with Crippen molar-refractivity contribution in [3.8, 4) is 5.75 Å². The Labute approximate surface area is 125 Å². The number of pyridine rings is 1. The van der Waals surface area contributed by atoms with Crippen LogP contribution < -0.4 is 9.46 Å². The second-order valence-corrected chi connectivity index (χ2v) is 6.56. The molecule has 0 unspecified atom stereocenters. The highest BCUT2D eigenvalue weighted by Crippen LogP contribution is 2.29. The maximum atomic E-state index is 12.5. The SMILES string of the molecule is COc1ccc(C(C)C)cc1S(=O)(=O)Nc1ccncc1. The Bertz CT molecular complexity index is 713.